The van der Waals surface area contributed by atoms with E-state index in [2.05, 4.69) is 6.07 Å². The molecule has 0 aromatic heterocycles. The zero-order valence-corrected chi connectivity index (χ0v) is 8.20. The standard InChI is InChI=1S/C13H11FN/c14-13-4-2-1-3-12(13)11-7-5-10(9-15)6-8-11/h2-8H,9,15H2. The first-order valence-electron chi connectivity index (χ1n) is 4.76. The summed E-state index contributed by atoms with van der Waals surface area (Å²) in [6.07, 6.45) is 0. The Hall–Kier alpha value is -1.67. The van der Waals surface area contributed by atoms with Gasteiger partial charge in [0, 0.05) is 12.1 Å². The van der Waals surface area contributed by atoms with Gasteiger partial charge in [-0.25, -0.2) is 4.39 Å². The van der Waals surface area contributed by atoms with E-state index in [1.54, 1.807) is 12.1 Å². The molecule has 15 heavy (non-hydrogen) atoms. The van der Waals surface area contributed by atoms with Gasteiger partial charge in [0.15, 0.2) is 0 Å². The molecular formula is C13H11FN. The van der Waals surface area contributed by atoms with Crippen LogP contribution in [0, 0.1) is 11.9 Å². The van der Waals surface area contributed by atoms with Gasteiger partial charge in [-0.15, -0.1) is 0 Å². The van der Waals surface area contributed by atoms with Crippen molar-refractivity contribution >= 4 is 0 Å². The van der Waals surface area contributed by atoms with Crippen LogP contribution in [-0.4, -0.2) is 0 Å². The predicted octanol–water partition coefficient (Wildman–Crippen LogP) is 2.75. The molecular weight excluding hydrogens is 189 g/mol. The van der Waals surface area contributed by atoms with Gasteiger partial charge in [-0.3, -0.25) is 0 Å². The van der Waals surface area contributed by atoms with Gasteiger partial charge in [0.2, 0.25) is 0 Å². The largest absolute Gasteiger partial charge is 0.326 e. The second-order valence-electron chi connectivity index (χ2n) is 3.31. The molecule has 2 aromatic carbocycles. The molecule has 0 spiro atoms. The molecule has 0 atom stereocenters. The second kappa shape index (κ2) is 4.24. The summed E-state index contributed by atoms with van der Waals surface area (Å²) in [6.45, 7) is 0.504. The van der Waals surface area contributed by atoms with Crippen molar-refractivity contribution in [2.45, 2.75) is 6.54 Å². The fourth-order valence-corrected chi connectivity index (χ4v) is 1.45. The topological polar surface area (TPSA) is 26.0 Å². The van der Waals surface area contributed by atoms with Crippen molar-refractivity contribution in [1.82, 2.24) is 0 Å². The highest BCUT2D eigenvalue weighted by Gasteiger charge is 2.02. The minimum absolute atomic E-state index is 0.228. The van der Waals surface area contributed by atoms with E-state index in [-0.39, 0.29) is 5.82 Å². The fraction of sp³-hybridized carbons (Fsp3) is 0.0769. The van der Waals surface area contributed by atoms with Crippen LogP contribution in [0.25, 0.3) is 11.1 Å². The quantitative estimate of drug-likeness (QED) is 0.792. The molecule has 2 rings (SSSR count). The van der Waals surface area contributed by atoms with E-state index < -0.39 is 0 Å². The smallest absolute Gasteiger partial charge is 0.131 e. The molecule has 0 saturated carbocycles. The van der Waals surface area contributed by atoms with Gasteiger partial charge in [-0.05, 0) is 29.3 Å². The molecule has 75 valence electrons. The van der Waals surface area contributed by atoms with Crippen LogP contribution < -0.4 is 5.73 Å². The van der Waals surface area contributed by atoms with E-state index in [9.17, 15) is 4.39 Å². The van der Waals surface area contributed by atoms with Gasteiger partial charge < -0.3 is 5.73 Å². The summed E-state index contributed by atoms with van der Waals surface area (Å²) < 4.78 is 13.4. The van der Waals surface area contributed by atoms with Gasteiger partial charge in [0.25, 0.3) is 0 Å². The number of benzene rings is 2. The maximum atomic E-state index is 13.4. The second-order valence-corrected chi connectivity index (χ2v) is 3.31. The summed E-state index contributed by atoms with van der Waals surface area (Å²) >= 11 is 0. The molecule has 1 radical (unpaired) electrons. The molecule has 0 aliphatic heterocycles. The predicted molar refractivity (Wildman–Crippen MR) is 58.6 cm³/mol. The Kier molecular flexibility index (Phi) is 2.79. The first kappa shape index (κ1) is 9.87. The molecule has 0 aliphatic carbocycles. The fourth-order valence-electron chi connectivity index (χ4n) is 1.45. The van der Waals surface area contributed by atoms with Crippen molar-refractivity contribution < 1.29 is 4.39 Å². The summed E-state index contributed by atoms with van der Waals surface area (Å²) in [5.74, 6) is -0.228. The lowest BCUT2D eigenvalue weighted by molar-refractivity contribution is 0.631. The number of hydrogen-bond donors (Lipinski definition) is 1. The minimum Gasteiger partial charge on any atom is -0.326 e. The highest BCUT2D eigenvalue weighted by Crippen LogP contribution is 2.22. The summed E-state index contributed by atoms with van der Waals surface area (Å²) in [5.41, 5.74) is 7.95. The van der Waals surface area contributed by atoms with Gasteiger partial charge in [-0.1, -0.05) is 30.3 Å². The van der Waals surface area contributed by atoms with Crippen LogP contribution in [0.15, 0.2) is 42.5 Å². The molecule has 0 saturated heterocycles. The van der Waals surface area contributed by atoms with E-state index >= 15 is 0 Å². The lowest BCUT2D eigenvalue weighted by atomic mass is 10.0. The van der Waals surface area contributed by atoms with E-state index in [4.69, 9.17) is 5.73 Å². The van der Waals surface area contributed by atoms with Crippen LogP contribution in [0.4, 0.5) is 4.39 Å². The number of nitrogens with two attached hydrogens (primary N) is 1. The van der Waals surface area contributed by atoms with Crippen molar-refractivity contribution in [3.63, 3.8) is 0 Å². The van der Waals surface area contributed by atoms with Gasteiger partial charge in [0.05, 0.1) is 0 Å². The van der Waals surface area contributed by atoms with Crippen LogP contribution in [-0.2, 0) is 6.54 Å². The molecule has 2 aromatic rings. The summed E-state index contributed by atoms with van der Waals surface area (Å²) in [4.78, 5) is 0. The average molecular weight is 200 g/mol. The Balaban J connectivity index is 2.42. The van der Waals surface area contributed by atoms with Gasteiger partial charge in [0.1, 0.15) is 5.82 Å². The van der Waals surface area contributed by atoms with E-state index in [0.29, 0.717) is 12.1 Å². The SMILES string of the molecule is NCc1ccc(-c2c[c]ccc2F)cc1. The Labute approximate surface area is 88.4 Å². The summed E-state index contributed by atoms with van der Waals surface area (Å²) in [5, 5.41) is 0. The monoisotopic (exact) mass is 200 g/mol. The third-order valence-electron chi connectivity index (χ3n) is 2.31. The van der Waals surface area contributed by atoms with Crippen LogP contribution in [0.3, 0.4) is 0 Å². The number of hydrogen-bond acceptors (Lipinski definition) is 1. The molecule has 1 nitrogen and oxygen atoms in total. The van der Waals surface area contributed by atoms with Crippen molar-refractivity contribution in [2.24, 2.45) is 5.73 Å². The van der Waals surface area contributed by atoms with Crippen molar-refractivity contribution in [3.05, 3.63) is 59.9 Å². The Morgan fingerprint density at radius 1 is 1.13 bits per heavy atom. The van der Waals surface area contributed by atoms with E-state index in [0.717, 1.165) is 11.1 Å². The Bertz CT molecular complexity index is 448. The first-order valence-corrected chi connectivity index (χ1v) is 4.76. The molecule has 0 bridgehead atoms. The van der Waals surface area contributed by atoms with Crippen LogP contribution in [0.5, 0.6) is 0 Å². The van der Waals surface area contributed by atoms with Crippen molar-refractivity contribution in [2.75, 3.05) is 0 Å². The summed E-state index contributed by atoms with van der Waals surface area (Å²) in [6, 6.07) is 15.0. The highest BCUT2D eigenvalue weighted by molar-refractivity contribution is 5.64. The minimum atomic E-state index is -0.228. The molecule has 0 aliphatic rings. The molecule has 2 N–H and O–H groups in total. The number of rotatable bonds is 2. The van der Waals surface area contributed by atoms with E-state index in [1.165, 1.54) is 6.07 Å². The maximum absolute atomic E-state index is 13.4. The summed E-state index contributed by atoms with van der Waals surface area (Å²) in [7, 11) is 0. The molecule has 0 heterocycles. The lowest BCUT2D eigenvalue weighted by Crippen LogP contribution is -1.95. The highest BCUT2D eigenvalue weighted by atomic mass is 19.1. The zero-order chi connectivity index (χ0) is 10.7. The average Bonchev–Trinajstić information content (AvgIpc) is 2.30. The molecule has 2 heteroatoms. The van der Waals surface area contributed by atoms with Crippen LogP contribution in [0.2, 0.25) is 0 Å². The van der Waals surface area contributed by atoms with Crippen molar-refractivity contribution in [1.29, 1.82) is 0 Å². The van der Waals surface area contributed by atoms with Crippen molar-refractivity contribution in [3.8, 4) is 11.1 Å². The molecule has 0 unspecified atom stereocenters. The third-order valence-corrected chi connectivity index (χ3v) is 2.31. The third kappa shape index (κ3) is 2.05. The maximum Gasteiger partial charge on any atom is 0.131 e. The van der Waals surface area contributed by atoms with Gasteiger partial charge in [-0.2, -0.15) is 0 Å². The molecule has 0 amide bonds. The van der Waals surface area contributed by atoms with Crippen LogP contribution in [0.1, 0.15) is 5.56 Å². The number of halogens is 1. The van der Waals surface area contributed by atoms with Crippen LogP contribution >= 0.6 is 0 Å². The van der Waals surface area contributed by atoms with Gasteiger partial charge >= 0.3 is 0 Å². The molecule has 0 fully saturated rings. The first-order chi connectivity index (χ1) is 7.31. The Morgan fingerprint density at radius 2 is 1.87 bits per heavy atom. The Morgan fingerprint density at radius 3 is 2.47 bits per heavy atom. The normalized spacial score (nSPS) is 10.3. The zero-order valence-electron chi connectivity index (χ0n) is 8.20. The lowest BCUT2D eigenvalue weighted by Gasteiger charge is -2.03. The van der Waals surface area contributed by atoms with E-state index in [1.807, 2.05) is 24.3 Å².